The van der Waals surface area contributed by atoms with Crippen molar-refractivity contribution >= 4 is 21.4 Å². The first-order chi connectivity index (χ1) is 13.5. The topological polar surface area (TPSA) is 112 Å². The number of rotatable bonds is 4. The zero-order valence-corrected chi connectivity index (χ0v) is 16.2. The Morgan fingerprint density at radius 3 is 2.33 bits per heavy atom. The number of carbonyl (C=O) groups excluding carboxylic acids is 1. The van der Waals surface area contributed by atoms with Crippen LogP contribution in [0.5, 0.6) is 0 Å². The summed E-state index contributed by atoms with van der Waals surface area (Å²) < 4.78 is 103. The second-order valence-corrected chi connectivity index (χ2v) is 8.86. The van der Waals surface area contributed by atoms with Crippen molar-refractivity contribution in [3.05, 3.63) is 23.3 Å². The molecule has 0 bridgehead atoms. The molecule has 164 valence electrons. The number of sulfone groups is 1. The molecule has 2 rings (SSSR count). The lowest BCUT2D eigenvalue weighted by Crippen LogP contribution is -2.40. The van der Waals surface area contributed by atoms with Crippen LogP contribution in [-0.4, -0.2) is 37.8 Å². The quantitative estimate of drug-likeness (QED) is 0.694. The van der Waals surface area contributed by atoms with Crippen LogP contribution >= 0.6 is 0 Å². The molecule has 1 aliphatic heterocycles. The second-order valence-electron chi connectivity index (χ2n) is 6.61. The molecule has 1 aliphatic rings. The van der Waals surface area contributed by atoms with Gasteiger partial charge in [-0.3, -0.25) is 4.79 Å². The van der Waals surface area contributed by atoms with Crippen molar-refractivity contribution in [2.75, 3.05) is 11.1 Å². The maximum atomic E-state index is 13.2. The lowest BCUT2D eigenvalue weighted by molar-refractivity contribution is -0.148. The molecule has 0 saturated heterocycles. The van der Waals surface area contributed by atoms with Gasteiger partial charge in [0.1, 0.15) is 0 Å². The number of nitriles is 1. The van der Waals surface area contributed by atoms with Crippen LogP contribution in [0.2, 0.25) is 0 Å². The summed E-state index contributed by atoms with van der Waals surface area (Å²) in [5.41, 5.74) is -5.40. The Morgan fingerprint density at radius 2 is 1.90 bits per heavy atom. The average molecular weight is 456 g/mol. The van der Waals surface area contributed by atoms with E-state index in [0.717, 1.165) is 6.92 Å². The van der Waals surface area contributed by atoms with Crippen molar-refractivity contribution in [3.63, 3.8) is 0 Å². The maximum absolute atomic E-state index is 13.2. The molecule has 1 N–H and O–H groups in total. The number of nitrogens with zero attached hydrogens (tertiary/aromatic N) is 3. The molecule has 1 aromatic rings. The molecule has 1 aromatic carbocycles. The summed E-state index contributed by atoms with van der Waals surface area (Å²) in [5.74, 6) is -1.84. The van der Waals surface area contributed by atoms with E-state index in [1.807, 2.05) is 5.32 Å². The van der Waals surface area contributed by atoms with Crippen LogP contribution in [0, 0.1) is 11.3 Å². The van der Waals surface area contributed by atoms with Gasteiger partial charge in [-0.2, -0.15) is 41.8 Å². The number of hydrogen-bond donors (Lipinski definition) is 1. The van der Waals surface area contributed by atoms with Gasteiger partial charge in [0, 0.05) is 6.42 Å². The fourth-order valence-electron chi connectivity index (χ4n) is 2.65. The monoisotopic (exact) mass is 456 g/mol. The minimum absolute atomic E-state index is 0.260. The Balaban J connectivity index is 2.54. The number of anilines is 1. The van der Waals surface area contributed by atoms with Crippen LogP contribution in [0.25, 0.3) is 0 Å². The smallest absolute Gasteiger partial charge is 0.323 e. The molecule has 2 atom stereocenters. The van der Waals surface area contributed by atoms with Crippen LogP contribution in [-0.2, 0) is 20.8 Å². The van der Waals surface area contributed by atoms with E-state index in [2.05, 4.69) is 10.2 Å². The third kappa shape index (κ3) is 4.55. The van der Waals surface area contributed by atoms with Gasteiger partial charge in [0.25, 0.3) is 5.91 Å². The van der Waals surface area contributed by atoms with Gasteiger partial charge >= 0.3 is 12.4 Å². The molecule has 0 aromatic heterocycles. The molecular weight excluding hydrogens is 442 g/mol. The van der Waals surface area contributed by atoms with E-state index < -0.39 is 73.6 Å². The molecule has 2 unspecified atom stereocenters. The van der Waals surface area contributed by atoms with E-state index in [-0.39, 0.29) is 6.07 Å². The number of carbonyl (C=O) groups is 1. The molecule has 1 heterocycles. The number of hydrogen-bond acceptors (Lipinski definition) is 6. The molecule has 0 aliphatic carbocycles. The van der Waals surface area contributed by atoms with Crippen molar-refractivity contribution in [2.24, 2.45) is 10.2 Å². The highest BCUT2D eigenvalue weighted by molar-refractivity contribution is 7.91. The molecule has 0 saturated carbocycles. The third-order valence-electron chi connectivity index (χ3n) is 4.38. The SMILES string of the molecule is CCS(=O)(=O)c1cc(C#N)c(C(F)(F)F)cc1NC(=O)C1(C)CC(C(F)(F)F)N=N1. The Labute approximate surface area is 166 Å². The predicted octanol–water partition coefficient (Wildman–Crippen LogP) is 3.85. The van der Waals surface area contributed by atoms with Crippen LogP contribution in [0.15, 0.2) is 27.3 Å². The van der Waals surface area contributed by atoms with Gasteiger partial charge in [-0.1, -0.05) is 6.92 Å². The summed E-state index contributed by atoms with van der Waals surface area (Å²) in [7, 11) is -4.21. The minimum Gasteiger partial charge on any atom is -0.323 e. The number of nitrogens with one attached hydrogen (secondary N) is 1. The van der Waals surface area contributed by atoms with Crippen LogP contribution in [0.4, 0.5) is 32.0 Å². The summed E-state index contributed by atoms with van der Waals surface area (Å²) in [6, 6.07) is -0.304. The third-order valence-corrected chi connectivity index (χ3v) is 6.15. The van der Waals surface area contributed by atoms with Crippen LogP contribution in [0.3, 0.4) is 0 Å². The summed E-state index contributed by atoms with van der Waals surface area (Å²) in [4.78, 5) is 11.7. The molecule has 14 heteroatoms. The first kappa shape index (κ1) is 23.6. The zero-order chi connectivity index (χ0) is 23.1. The van der Waals surface area contributed by atoms with Gasteiger partial charge < -0.3 is 5.32 Å². The first-order valence-corrected chi connectivity index (χ1v) is 9.88. The molecule has 1 amide bonds. The maximum Gasteiger partial charge on any atom is 0.417 e. The lowest BCUT2D eigenvalue weighted by Gasteiger charge is -2.22. The fraction of sp³-hybridized carbons (Fsp3) is 0.500. The molecule has 0 fully saturated rings. The van der Waals surface area contributed by atoms with E-state index in [0.29, 0.717) is 6.07 Å². The van der Waals surface area contributed by atoms with Crippen molar-refractivity contribution in [3.8, 4) is 6.07 Å². The number of benzene rings is 1. The highest BCUT2D eigenvalue weighted by atomic mass is 32.2. The standard InChI is InChI=1S/C16H14F6N4O3S/c1-3-30(28,29)11-4-8(7-23)9(15(17,18)19)5-10(11)24-13(27)14(2)6-12(25-26-14)16(20,21)22/h4-5,12H,3,6H2,1-2H3,(H,24,27). The van der Waals surface area contributed by atoms with Gasteiger partial charge in [-0.05, 0) is 19.1 Å². The highest BCUT2D eigenvalue weighted by Crippen LogP contribution is 2.39. The van der Waals surface area contributed by atoms with Gasteiger partial charge in [0.15, 0.2) is 21.4 Å². The number of amides is 1. The summed E-state index contributed by atoms with van der Waals surface area (Å²) in [6.45, 7) is 2.17. The molecular formula is C16H14F6N4O3S. The lowest BCUT2D eigenvalue weighted by atomic mass is 9.94. The van der Waals surface area contributed by atoms with E-state index in [1.165, 1.54) is 13.0 Å². The van der Waals surface area contributed by atoms with Crippen molar-refractivity contribution in [2.45, 2.75) is 49.1 Å². The van der Waals surface area contributed by atoms with E-state index in [4.69, 9.17) is 5.26 Å². The minimum atomic E-state index is -5.06. The number of halogens is 6. The van der Waals surface area contributed by atoms with Crippen LogP contribution in [0.1, 0.15) is 31.4 Å². The van der Waals surface area contributed by atoms with Gasteiger partial charge in [0.2, 0.25) is 0 Å². The Hall–Kier alpha value is -2.69. The first-order valence-electron chi connectivity index (χ1n) is 8.23. The second kappa shape index (κ2) is 7.53. The normalized spacial score (nSPS) is 22.0. The Bertz CT molecular complexity index is 1040. The highest BCUT2D eigenvalue weighted by Gasteiger charge is 2.51. The molecule has 0 radical (unpaired) electrons. The van der Waals surface area contributed by atoms with E-state index >= 15 is 0 Å². The fourth-order valence-corrected chi connectivity index (χ4v) is 3.70. The molecule has 7 nitrogen and oxygen atoms in total. The van der Waals surface area contributed by atoms with Gasteiger partial charge in [-0.15, -0.1) is 0 Å². The van der Waals surface area contributed by atoms with Gasteiger partial charge in [0.05, 0.1) is 33.5 Å². The van der Waals surface area contributed by atoms with Crippen molar-refractivity contribution in [1.29, 1.82) is 5.26 Å². The van der Waals surface area contributed by atoms with Crippen molar-refractivity contribution < 1.29 is 39.6 Å². The Kier molecular flexibility index (Phi) is 5.92. The van der Waals surface area contributed by atoms with E-state index in [9.17, 15) is 39.6 Å². The number of alkyl halides is 6. The average Bonchev–Trinajstić information content (AvgIpc) is 3.04. The molecule has 0 spiro atoms. The summed E-state index contributed by atoms with van der Waals surface area (Å²) in [6.07, 6.45) is -10.7. The summed E-state index contributed by atoms with van der Waals surface area (Å²) >= 11 is 0. The zero-order valence-electron chi connectivity index (χ0n) is 15.4. The van der Waals surface area contributed by atoms with Crippen molar-refractivity contribution in [1.82, 2.24) is 0 Å². The van der Waals surface area contributed by atoms with E-state index in [1.54, 1.807) is 0 Å². The summed E-state index contributed by atoms with van der Waals surface area (Å²) in [5, 5.41) is 17.2. The van der Waals surface area contributed by atoms with Gasteiger partial charge in [-0.25, -0.2) is 8.42 Å². The molecule has 30 heavy (non-hydrogen) atoms. The van der Waals surface area contributed by atoms with Crippen LogP contribution < -0.4 is 5.32 Å². The number of azo groups is 1. The largest absolute Gasteiger partial charge is 0.417 e. The predicted molar refractivity (Wildman–Crippen MR) is 90.2 cm³/mol. The Morgan fingerprint density at radius 1 is 1.30 bits per heavy atom.